The van der Waals surface area contributed by atoms with Crippen LogP contribution in [0.15, 0.2) is 36.4 Å². The molecule has 3 nitrogen and oxygen atoms in total. The van der Waals surface area contributed by atoms with Gasteiger partial charge in [0.25, 0.3) is 0 Å². The van der Waals surface area contributed by atoms with E-state index in [1.54, 1.807) is 7.11 Å². The maximum atomic E-state index is 5.60. The summed E-state index contributed by atoms with van der Waals surface area (Å²) in [6.07, 6.45) is 0.876. The molecule has 17 heavy (non-hydrogen) atoms. The van der Waals surface area contributed by atoms with Crippen LogP contribution < -0.4 is 15.2 Å². The van der Waals surface area contributed by atoms with Gasteiger partial charge >= 0.3 is 0 Å². The molecule has 3 heteroatoms. The zero-order valence-electron chi connectivity index (χ0n) is 9.98. The van der Waals surface area contributed by atoms with E-state index in [9.17, 15) is 0 Å². The van der Waals surface area contributed by atoms with Gasteiger partial charge in [0, 0.05) is 0 Å². The highest BCUT2D eigenvalue weighted by molar-refractivity contribution is 5.85. The van der Waals surface area contributed by atoms with Crippen molar-refractivity contribution < 1.29 is 9.47 Å². The normalized spacial score (nSPS) is 10.5. The van der Waals surface area contributed by atoms with Gasteiger partial charge in [-0.3, -0.25) is 0 Å². The number of hydrogen-bond acceptors (Lipinski definition) is 3. The third-order valence-corrected chi connectivity index (χ3v) is 2.64. The first kappa shape index (κ1) is 11.7. The Morgan fingerprint density at radius 2 is 1.65 bits per heavy atom. The molecule has 0 aliphatic heterocycles. The molecule has 0 aliphatic carbocycles. The highest BCUT2D eigenvalue weighted by atomic mass is 16.5. The molecule has 2 N–H and O–H groups in total. The van der Waals surface area contributed by atoms with Gasteiger partial charge in [0.15, 0.2) is 0 Å². The van der Waals surface area contributed by atoms with Crippen LogP contribution >= 0.6 is 0 Å². The van der Waals surface area contributed by atoms with Crippen molar-refractivity contribution in [2.24, 2.45) is 5.73 Å². The smallest absolute Gasteiger partial charge is 0.119 e. The van der Waals surface area contributed by atoms with Crippen LogP contribution in [0.2, 0.25) is 0 Å². The van der Waals surface area contributed by atoms with E-state index >= 15 is 0 Å². The SMILES string of the molecule is COc1ccc2cc(OCCCN)ccc2c1. The summed E-state index contributed by atoms with van der Waals surface area (Å²) in [6.45, 7) is 1.32. The Morgan fingerprint density at radius 3 is 2.29 bits per heavy atom. The van der Waals surface area contributed by atoms with Crippen molar-refractivity contribution in [3.05, 3.63) is 36.4 Å². The maximum Gasteiger partial charge on any atom is 0.119 e. The van der Waals surface area contributed by atoms with Gasteiger partial charge < -0.3 is 15.2 Å². The van der Waals surface area contributed by atoms with Crippen molar-refractivity contribution in [1.29, 1.82) is 0 Å². The van der Waals surface area contributed by atoms with Crippen LogP contribution in [-0.2, 0) is 0 Å². The molecule has 0 bridgehead atoms. The van der Waals surface area contributed by atoms with Crippen molar-refractivity contribution in [3.8, 4) is 11.5 Å². The van der Waals surface area contributed by atoms with E-state index in [1.165, 1.54) is 0 Å². The van der Waals surface area contributed by atoms with Gasteiger partial charge in [-0.2, -0.15) is 0 Å². The summed E-state index contributed by atoms with van der Waals surface area (Å²) in [6, 6.07) is 12.0. The van der Waals surface area contributed by atoms with Crippen LogP contribution in [0.25, 0.3) is 10.8 Å². The predicted molar refractivity (Wildman–Crippen MR) is 69.7 cm³/mol. The summed E-state index contributed by atoms with van der Waals surface area (Å²) >= 11 is 0. The monoisotopic (exact) mass is 231 g/mol. The first-order valence-corrected chi connectivity index (χ1v) is 5.74. The van der Waals surface area contributed by atoms with Crippen LogP contribution in [0.1, 0.15) is 6.42 Å². The van der Waals surface area contributed by atoms with E-state index in [0.29, 0.717) is 13.2 Å². The average Bonchev–Trinajstić information content (AvgIpc) is 2.38. The molecular weight excluding hydrogens is 214 g/mol. The van der Waals surface area contributed by atoms with Gasteiger partial charge in [0.2, 0.25) is 0 Å². The molecule has 0 spiro atoms. The van der Waals surface area contributed by atoms with Gasteiger partial charge in [-0.25, -0.2) is 0 Å². The highest BCUT2D eigenvalue weighted by Crippen LogP contribution is 2.24. The number of benzene rings is 2. The molecule has 0 unspecified atom stereocenters. The van der Waals surface area contributed by atoms with Crippen molar-refractivity contribution in [2.75, 3.05) is 20.3 Å². The third-order valence-electron chi connectivity index (χ3n) is 2.64. The van der Waals surface area contributed by atoms with E-state index < -0.39 is 0 Å². The molecule has 0 aliphatic rings. The number of hydrogen-bond donors (Lipinski definition) is 1. The molecule has 0 saturated heterocycles. The molecule has 90 valence electrons. The van der Waals surface area contributed by atoms with E-state index in [-0.39, 0.29) is 0 Å². The Balaban J connectivity index is 2.19. The fraction of sp³-hybridized carbons (Fsp3) is 0.286. The molecule has 0 aromatic heterocycles. The number of methoxy groups -OCH3 is 1. The molecule has 2 rings (SSSR count). The first-order valence-electron chi connectivity index (χ1n) is 5.74. The minimum Gasteiger partial charge on any atom is -0.497 e. The van der Waals surface area contributed by atoms with E-state index in [2.05, 4.69) is 0 Å². The number of ether oxygens (including phenoxy) is 2. The third kappa shape index (κ3) is 2.88. The predicted octanol–water partition coefficient (Wildman–Crippen LogP) is 2.58. The maximum absolute atomic E-state index is 5.60. The van der Waals surface area contributed by atoms with Gasteiger partial charge in [-0.15, -0.1) is 0 Å². The van der Waals surface area contributed by atoms with Crippen LogP contribution in [0.5, 0.6) is 11.5 Å². The first-order chi connectivity index (χ1) is 8.33. The number of nitrogens with two attached hydrogens (primary N) is 1. The zero-order valence-corrected chi connectivity index (χ0v) is 9.98. The molecule has 2 aromatic rings. The van der Waals surface area contributed by atoms with E-state index in [4.69, 9.17) is 15.2 Å². The van der Waals surface area contributed by atoms with Gasteiger partial charge in [0.1, 0.15) is 11.5 Å². The van der Waals surface area contributed by atoms with Gasteiger partial charge in [-0.1, -0.05) is 12.1 Å². The van der Waals surface area contributed by atoms with Gasteiger partial charge in [0.05, 0.1) is 13.7 Å². The Hall–Kier alpha value is -1.74. The van der Waals surface area contributed by atoms with Crippen LogP contribution in [-0.4, -0.2) is 20.3 Å². The lowest BCUT2D eigenvalue weighted by atomic mass is 10.1. The second kappa shape index (κ2) is 5.55. The topological polar surface area (TPSA) is 44.5 Å². The van der Waals surface area contributed by atoms with Crippen molar-refractivity contribution in [3.63, 3.8) is 0 Å². The Morgan fingerprint density at radius 1 is 1.00 bits per heavy atom. The summed E-state index contributed by atoms with van der Waals surface area (Å²) in [7, 11) is 1.67. The Labute approximate surface area is 101 Å². The quantitative estimate of drug-likeness (QED) is 0.804. The Bertz CT molecular complexity index is 497. The van der Waals surface area contributed by atoms with E-state index in [1.807, 2.05) is 36.4 Å². The van der Waals surface area contributed by atoms with Crippen LogP contribution in [0.4, 0.5) is 0 Å². The lowest BCUT2D eigenvalue weighted by Crippen LogP contribution is -2.05. The molecule has 0 saturated carbocycles. The standard InChI is InChI=1S/C14H17NO2/c1-16-13-5-3-12-10-14(17-8-2-7-15)6-4-11(12)9-13/h3-6,9-10H,2,7-8,15H2,1H3. The molecule has 2 aromatic carbocycles. The van der Waals surface area contributed by atoms with Crippen LogP contribution in [0.3, 0.4) is 0 Å². The van der Waals surface area contributed by atoms with Crippen LogP contribution in [0, 0.1) is 0 Å². The zero-order chi connectivity index (χ0) is 12.1. The molecule has 0 atom stereocenters. The van der Waals surface area contributed by atoms with E-state index in [0.717, 1.165) is 28.7 Å². The largest absolute Gasteiger partial charge is 0.497 e. The highest BCUT2D eigenvalue weighted by Gasteiger charge is 1.99. The molecule has 0 fully saturated rings. The van der Waals surface area contributed by atoms with Crippen molar-refractivity contribution in [2.45, 2.75) is 6.42 Å². The molecule has 0 amide bonds. The lowest BCUT2D eigenvalue weighted by Gasteiger charge is -2.07. The average molecular weight is 231 g/mol. The molecular formula is C14H17NO2. The van der Waals surface area contributed by atoms with Crippen molar-refractivity contribution >= 4 is 10.8 Å². The molecule has 0 heterocycles. The fourth-order valence-corrected chi connectivity index (χ4v) is 1.69. The minimum atomic E-state index is 0.658. The number of rotatable bonds is 5. The number of fused-ring (bicyclic) bond motifs is 1. The second-order valence-electron chi connectivity index (χ2n) is 3.87. The van der Waals surface area contributed by atoms with Crippen molar-refractivity contribution in [1.82, 2.24) is 0 Å². The van der Waals surface area contributed by atoms with Gasteiger partial charge in [-0.05, 0) is 48.0 Å². The minimum absolute atomic E-state index is 0.658. The second-order valence-corrected chi connectivity index (χ2v) is 3.87. The Kier molecular flexibility index (Phi) is 3.83. The lowest BCUT2D eigenvalue weighted by molar-refractivity contribution is 0.314. The summed E-state index contributed by atoms with van der Waals surface area (Å²) in [5.74, 6) is 1.76. The molecule has 0 radical (unpaired) electrons. The fourth-order valence-electron chi connectivity index (χ4n) is 1.69. The summed E-state index contributed by atoms with van der Waals surface area (Å²) in [5, 5.41) is 2.30. The summed E-state index contributed by atoms with van der Waals surface area (Å²) in [5.41, 5.74) is 5.42. The summed E-state index contributed by atoms with van der Waals surface area (Å²) in [4.78, 5) is 0. The summed E-state index contributed by atoms with van der Waals surface area (Å²) < 4.78 is 10.8.